The first-order valence-electron chi connectivity index (χ1n) is 6.48. The van der Waals surface area contributed by atoms with Crippen molar-refractivity contribution in [2.45, 2.75) is 39.7 Å². The van der Waals surface area contributed by atoms with Gasteiger partial charge in [0.1, 0.15) is 0 Å². The molecule has 0 fully saturated rings. The lowest BCUT2D eigenvalue weighted by Gasteiger charge is -2.12. The molecule has 2 N–H and O–H groups in total. The van der Waals surface area contributed by atoms with Gasteiger partial charge in [-0.05, 0) is 32.6 Å². The summed E-state index contributed by atoms with van der Waals surface area (Å²) in [5.74, 6) is 0.714. The first-order chi connectivity index (χ1) is 8.56. The molecule has 1 aromatic heterocycles. The Morgan fingerprint density at radius 2 is 2.17 bits per heavy atom. The van der Waals surface area contributed by atoms with Crippen LogP contribution in [0.2, 0.25) is 0 Å². The second-order valence-corrected chi connectivity index (χ2v) is 4.94. The molecule has 5 nitrogen and oxygen atoms in total. The summed E-state index contributed by atoms with van der Waals surface area (Å²) in [6.45, 7) is 6.85. The predicted molar refractivity (Wildman–Crippen MR) is 72.9 cm³/mol. The van der Waals surface area contributed by atoms with Crippen molar-refractivity contribution in [1.29, 1.82) is 0 Å². The van der Waals surface area contributed by atoms with Crippen LogP contribution in [0, 0.1) is 5.92 Å². The van der Waals surface area contributed by atoms with Crippen LogP contribution in [0.1, 0.15) is 39.7 Å². The topological polar surface area (TPSA) is 67.2 Å². The number of anilines is 1. The fourth-order valence-corrected chi connectivity index (χ4v) is 1.70. The summed E-state index contributed by atoms with van der Waals surface area (Å²) in [4.78, 5) is 16.1. The monoisotopic (exact) mass is 253 g/mol. The molecule has 0 bridgehead atoms. The van der Waals surface area contributed by atoms with Gasteiger partial charge in [-0.2, -0.15) is 0 Å². The number of hydrogen-bond donors (Lipinski definition) is 2. The summed E-state index contributed by atoms with van der Waals surface area (Å²) in [6.07, 6.45) is 5.19. The molecular formula is C13H23N3O2. The first kappa shape index (κ1) is 14.7. The molecule has 0 saturated heterocycles. The Bertz CT molecular complexity index is 415. The van der Waals surface area contributed by atoms with Gasteiger partial charge in [0.15, 0.2) is 5.82 Å². The average molecular weight is 253 g/mol. The van der Waals surface area contributed by atoms with E-state index in [1.807, 2.05) is 20.8 Å². The van der Waals surface area contributed by atoms with E-state index in [9.17, 15) is 4.79 Å². The lowest BCUT2D eigenvalue weighted by Crippen LogP contribution is -2.26. The molecule has 0 spiro atoms. The van der Waals surface area contributed by atoms with Crippen LogP contribution in [0.25, 0.3) is 0 Å². The number of aliphatic hydroxyl groups is 1. The molecule has 18 heavy (non-hydrogen) atoms. The van der Waals surface area contributed by atoms with E-state index in [4.69, 9.17) is 5.11 Å². The molecule has 102 valence electrons. The van der Waals surface area contributed by atoms with Crippen molar-refractivity contribution >= 4 is 5.82 Å². The molecule has 0 radical (unpaired) electrons. The number of nitrogens with one attached hydrogen (secondary N) is 1. The molecule has 0 aromatic carbocycles. The molecule has 1 rings (SSSR count). The number of rotatable bonds is 7. The quantitative estimate of drug-likeness (QED) is 0.725. The molecule has 0 aliphatic heterocycles. The van der Waals surface area contributed by atoms with E-state index >= 15 is 0 Å². The summed E-state index contributed by atoms with van der Waals surface area (Å²) in [6, 6.07) is 0.135. The number of nitrogens with zero attached hydrogens (tertiary/aromatic N) is 2. The fraction of sp³-hybridized carbons (Fsp3) is 0.692. The van der Waals surface area contributed by atoms with Crippen molar-refractivity contribution in [2.75, 3.05) is 18.5 Å². The third kappa shape index (κ3) is 4.14. The molecule has 0 aliphatic rings. The maximum absolute atomic E-state index is 12.0. The normalized spacial score (nSPS) is 12.7. The van der Waals surface area contributed by atoms with Gasteiger partial charge in [-0.15, -0.1) is 0 Å². The molecule has 0 amide bonds. The highest BCUT2D eigenvalue weighted by atomic mass is 16.3. The Kier molecular flexibility index (Phi) is 5.85. The molecular weight excluding hydrogens is 230 g/mol. The molecule has 1 atom stereocenters. The number of aliphatic hydroxyl groups excluding tert-OH is 1. The smallest absolute Gasteiger partial charge is 0.293 e. The van der Waals surface area contributed by atoms with Gasteiger partial charge in [0.2, 0.25) is 0 Å². The van der Waals surface area contributed by atoms with Crippen molar-refractivity contribution in [1.82, 2.24) is 9.55 Å². The lowest BCUT2D eigenvalue weighted by atomic mass is 10.1. The SMILES string of the molecule is CC(CO)CCCNc1nccn(C(C)C)c1=O. The van der Waals surface area contributed by atoms with Crippen LogP contribution in [-0.4, -0.2) is 27.8 Å². The third-order valence-corrected chi connectivity index (χ3v) is 2.90. The Hall–Kier alpha value is -1.36. The molecule has 0 aliphatic carbocycles. The van der Waals surface area contributed by atoms with Crippen molar-refractivity contribution in [3.05, 3.63) is 22.7 Å². The average Bonchev–Trinajstić information content (AvgIpc) is 2.35. The minimum atomic E-state index is -0.0808. The van der Waals surface area contributed by atoms with Crippen molar-refractivity contribution < 1.29 is 5.11 Å². The minimum absolute atomic E-state index is 0.0808. The van der Waals surface area contributed by atoms with Crippen LogP contribution in [0.3, 0.4) is 0 Å². The third-order valence-electron chi connectivity index (χ3n) is 2.90. The van der Waals surface area contributed by atoms with E-state index < -0.39 is 0 Å². The van der Waals surface area contributed by atoms with E-state index in [0.29, 0.717) is 18.3 Å². The van der Waals surface area contributed by atoms with Gasteiger partial charge in [-0.1, -0.05) is 6.92 Å². The maximum atomic E-state index is 12.0. The molecule has 1 unspecified atom stereocenters. The van der Waals surface area contributed by atoms with Crippen LogP contribution in [0.4, 0.5) is 5.82 Å². The Labute approximate surface area is 108 Å². The molecule has 5 heteroatoms. The van der Waals surface area contributed by atoms with Crippen molar-refractivity contribution in [3.8, 4) is 0 Å². The lowest BCUT2D eigenvalue weighted by molar-refractivity contribution is 0.229. The van der Waals surface area contributed by atoms with Crippen LogP contribution in [0.15, 0.2) is 17.2 Å². The van der Waals surface area contributed by atoms with Crippen LogP contribution in [0.5, 0.6) is 0 Å². The second-order valence-electron chi connectivity index (χ2n) is 4.94. The Morgan fingerprint density at radius 1 is 1.44 bits per heavy atom. The summed E-state index contributed by atoms with van der Waals surface area (Å²) < 4.78 is 1.66. The Balaban J connectivity index is 2.53. The van der Waals surface area contributed by atoms with Gasteiger partial charge < -0.3 is 15.0 Å². The van der Waals surface area contributed by atoms with E-state index in [2.05, 4.69) is 10.3 Å². The summed E-state index contributed by atoms with van der Waals surface area (Å²) >= 11 is 0. The van der Waals surface area contributed by atoms with Gasteiger partial charge in [-0.25, -0.2) is 4.98 Å². The number of hydrogen-bond acceptors (Lipinski definition) is 4. The number of aromatic nitrogens is 2. The minimum Gasteiger partial charge on any atom is -0.396 e. The largest absolute Gasteiger partial charge is 0.396 e. The van der Waals surface area contributed by atoms with Gasteiger partial charge in [0, 0.05) is 31.6 Å². The van der Waals surface area contributed by atoms with Gasteiger partial charge in [-0.3, -0.25) is 4.79 Å². The Morgan fingerprint density at radius 3 is 2.78 bits per heavy atom. The highest BCUT2D eigenvalue weighted by molar-refractivity contribution is 5.30. The van der Waals surface area contributed by atoms with Crippen molar-refractivity contribution in [2.24, 2.45) is 5.92 Å². The van der Waals surface area contributed by atoms with Gasteiger partial charge in [0.05, 0.1) is 0 Å². The molecule has 1 heterocycles. The van der Waals surface area contributed by atoms with Crippen LogP contribution >= 0.6 is 0 Å². The fourth-order valence-electron chi connectivity index (χ4n) is 1.70. The van der Waals surface area contributed by atoms with Gasteiger partial charge >= 0.3 is 0 Å². The van der Waals surface area contributed by atoms with E-state index in [0.717, 1.165) is 12.8 Å². The maximum Gasteiger partial charge on any atom is 0.293 e. The van der Waals surface area contributed by atoms with E-state index in [1.165, 1.54) is 0 Å². The molecule has 1 aromatic rings. The summed E-state index contributed by atoms with van der Waals surface area (Å²) in [7, 11) is 0. The molecule has 0 saturated carbocycles. The van der Waals surface area contributed by atoms with E-state index in [1.54, 1.807) is 17.0 Å². The zero-order valence-corrected chi connectivity index (χ0v) is 11.4. The first-order valence-corrected chi connectivity index (χ1v) is 6.48. The highest BCUT2D eigenvalue weighted by Gasteiger charge is 2.06. The summed E-state index contributed by atoms with van der Waals surface area (Å²) in [5, 5.41) is 12.0. The summed E-state index contributed by atoms with van der Waals surface area (Å²) in [5.41, 5.74) is -0.0808. The second kappa shape index (κ2) is 7.16. The standard InChI is InChI=1S/C13H23N3O2/c1-10(2)16-8-7-15-12(13(16)18)14-6-4-5-11(3)9-17/h7-8,10-11,17H,4-6,9H2,1-3H3,(H,14,15). The highest BCUT2D eigenvalue weighted by Crippen LogP contribution is 2.05. The zero-order valence-electron chi connectivity index (χ0n) is 11.4. The van der Waals surface area contributed by atoms with Crippen LogP contribution in [-0.2, 0) is 0 Å². The van der Waals surface area contributed by atoms with Crippen LogP contribution < -0.4 is 10.9 Å². The zero-order chi connectivity index (χ0) is 13.5. The predicted octanol–water partition coefficient (Wildman–Crippen LogP) is 1.64. The van der Waals surface area contributed by atoms with Gasteiger partial charge in [0.25, 0.3) is 5.56 Å². The van der Waals surface area contributed by atoms with Crippen molar-refractivity contribution in [3.63, 3.8) is 0 Å². The van der Waals surface area contributed by atoms with E-state index in [-0.39, 0.29) is 18.2 Å².